The summed E-state index contributed by atoms with van der Waals surface area (Å²) in [6.07, 6.45) is 1.70. The summed E-state index contributed by atoms with van der Waals surface area (Å²) < 4.78 is 0. The fourth-order valence-corrected chi connectivity index (χ4v) is 3.77. The zero-order chi connectivity index (χ0) is 18.3. The number of aromatic hydroxyl groups is 1. The first-order chi connectivity index (χ1) is 12.6. The van der Waals surface area contributed by atoms with Crippen molar-refractivity contribution < 1.29 is 9.90 Å². The van der Waals surface area contributed by atoms with Crippen molar-refractivity contribution in [3.8, 4) is 5.75 Å². The minimum absolute atomic E-state index is 0.0408. The molecule has 0 unspecified atom stereocenters. The van der Waals surface area contributed by atoms with Gasteiger partial charge in [-0.25, -0.2) is 0 Å². The highest BCUT2D eigenvalue weighted by Crippen LogP contribution is 2.43. The van der Waals surface area contributed by atoms with Gasteiger partial charge in [0.2, 0.25) is 0 Å². The molecule has 0 radical (unpaired) electrons. The summed E-state index contributed by atoms with van der Waals surface area (Å²) in [7, 11) is 0. The van der Waals surface area contributed by atoms with Gasteiger partial charge in [-0.3, -0.25) is 4.79 Å². The molecule has 5 nitrogen and oxygen atoms in total. The monoisotopic (exact) mass is 351 g/mol. The van der Waals surface area contributed by atoms with Gasteiger partial charge in [0.05, 0.1) is 5.56 Å². The lowest BCUT2D eigenvalue weighted by Crippen LogP contribution is -2.44. The number of benzene rings is 2. The van der Waals surface area contributed by atoms with Crippen LogP contribution in [0.15, 0.2) is 42.5 Å². The van der Waals surface area contributed by atoms with E-state index in [1.807, 2.05) is 41.3 Å². The van der Waals surface area contributed by atoms with Gasteiger partial charge in [-0.1, -0.05) is 12.1 Å². The van der Waals surface area contributed by atoms with Crippen LogP contribution in [0.3, 0.4) is 0 Å². The third kappa shape index (κ3) is 2.77. The normalized spacial score (nSPS) is 19.1. The smallest absolute Gasteiger partial charge is 0.258 e. The quantitative estimate of drug-likeness (QED) is 0.856. The minimum Gasteiger partial charge on any atom is -0.507 e. The highest BCUT2D eigenvalue weighted by Gasteiger charge is 2.42. The van der Waals surface area contributed by atoms with E-state index in [9.17, 15) is 9.90 Å². The molecule has 1 heterocycles. The Labute approximate surface area is 154 Å². The Kier molecular flexibility index (Phi) is 4.23. The van der Waals surface area contributed by atoms with Crippen LogP contribution in [0.25, 0.3) is 0 Å². The van der Waals surface area contributed by atoms with E-state index >= 15 is 0 Å². The Bertz CT molecular complexity index is 828. The summed E-state index contributed by atoms with van der Waals surface area (Å²) in [6, 6.07) is 13.6. The average molecular weight is 351 g/mol. The topological polar surface area (TPSA) is 55.8 Å². The molecule has 0 bridgehead atoms. The van der Waals surface area contributed by atoms with Gasteiger partial charge in [0, 0.05) is 42.1 Å². The number of nitrogens with one attached hydrogen (secondary N) is 1. The maximum absolute atomic E-state index is 13.1. The van der Waals surface area contributed by atoms with E-state index in [-0.39, 0.29) is 23.9 Å². The van der Waals surface area contributed by atoms with Crippen molar-refractivity contribution in [1.82, 2.24) is 4.90 Å². The summed E-state index contributed by atoms with van der Waals surface area (Å²) in [5, 5.41) is 14.2. The first-order valence-electron chi connectivity index (χ1n) is 9.40. The number of phenols is 1. The van der Waals surface area contributed by atoms with Crippen LogP contribution in [0.2, 0.25) is 0 Å². The molecule has 0 saturated heterocycles. The molecular weight excluding hydrogens is 326 g/mol. The van der Waals surface area contributed by atoms with Crippen LogP contribution in [0, 0.1) is 0 Å². The third-order valence-corrected chi connectivity index (χ3v) is 5.34. The summed E-state index contributed by atoms with van der Waals surface area (Å²) >= 11 is 0. The van der Waals surface area contributed by atoms with Crippen LogP contribution in [0.5, 0.6) is 5.75 Å². The molecule has 26 heavy (non-hydrogen) atoms. The molecule has 1 amide bonds. The number of nitrogens with zero attached hydrogens (tertiary/aromatic N) is 2. The third-order valence-electron chi connectivity index (χ3n) is 5.34. The number of phenolic OH excluding ortho intramolecular Hbond substituents is 1. The lowest BCUT2D eigenvalue weighted by Gasteiger charge is -2.38. The van der Waals surface area contributed by atoms with Crippen LogP contribution >= 0.6 is 0 Å². The molecule has 2 aromatic carbocycles. The van der Waals surface area contributed by atoms with Gasteiger partial charge in [-0.05, 0) is 51.0 Å². The van der Waals surface area contributed by atoms with Crippen LogP contribution in [0.1, 0.15) is 48.8 Å². The Morgan fingerprint density at radius 1 is 1.15 bits per heavy atom. The number of carbonyl (C=O) groups excluding carboxylic acids is 1. The molecule has 1 aliphatic carbocycles. The zero-order valence-electron chi connectivity index (χ0n) is 15.3. The van der Waals surface area contributed by atoms with E-state index in [2.05, 4.69) is 24.1 Å². The Morgan fingerprint density at radius 2 is 1.88 bits per heavy atom. The molecule has 4 rings (SSSR count). The van der Waals surface area contributed by atoms with Crippen molar-refractivity contribution in [2.24, 2.45) is 0 Å². The van der Waals surface area contributed by atoms with Crippen molar-refractivity contribution in [2.75, 3.05) is 23.3 Å². The van der Waals surface area contributed by atoms with Gasteiger partial charge in [-0.2, -0.15) is 0 Å². The highest BCUT2D eigenvalue weighted by atomic mass is 16.3. The predicted molar refractivity (Wildman–Crippen MR) is 104 cm³/mol. The first-order valence-corrected chi connectivity index (χ1v) is 9.40. The molecule has 1 fully saturated rings. The van der Waals surface area contributed by atoms with Gasteiger partial charge < -0.3 is 20.2 Å². The van der Waals surface area contributed by atoms with E-state index in [1.54, 1.807) is 6.07 Å². The summed E-state index contributed by atoms with van der Waals surface area (Å²) in [4.78, 5) is 17.1. The molecule has 136 valence electrons. The molecule has 1 atom stereocenters. The Hall–Kier alpha value is -2.69. The van der Waals surface area contributed by atoms with E-state index < -0.39 is 0 Å². The molecule has 2 aromatic rings. The molecule has 5 heteroatoms. The predicted octanol–water partition coefficient (Wildman–Crippen LogP) is 3.97. The lowest BCUT2D eigenvalue weighted by molar-refractivity contribution is 0.0664. The van der Waals surface area contributed by atoms with Crippen LogP contribution in [0.4, 0.5) is 11.4 Å². The SMILES string of the molecule is CCN(CC)c1ccc([C@@H]2Nc3ccccc3C(=O)N2C2CC2)c(O)c1. The maximum atomic E-state index is 13.1. The molecule has 0 spiro atoms. The van der Waals surface area contributed by atoms with Crippen molar-refractivity contribution in [3.63, 3.8) is 0 Å². The average Bonchev–Trinajstić information content (AvgIpc) is 3.48. The lowest BCUT2D eigenvalue weighted by atomic mass is 10.0. The van der Waals surface area contributed by atoms with Gasteiger partial charge in [0.1, 0.15) is 11.9 Å². The number of hydrogen-bond donors (Lipinski definition) is 2. The first kappa shape index (κ1) is 16.8. The number of carbonyl (C=O) groups is 1. The van der Waals surface area contributed by atoms with E-state index in [4.69, 9.17) is 0 Å². The van der Waals surface area contributed by atoms with Gasteiger partial charge in [-0.15, -0.1) is 0 Å². The van der Waals surface area contributed by atoms with Crippen LogP contribution < -0.4 is 10.2 Å². The fraction of sp³-hybridized carbons (Fsp3) is 0.381. The zero-order valence-corrected chi connectivity index (χ0v) is 15.3. The number of anilines is 2. The number of amides is 1. The maximum Gasteiger partial charge on any atom is 0.258 e. The molecular formula is C21H25N3O2. The van der Waals surface area contributed by atoms with Crippen molar-refractivity contribution in [2.45, 2.75) is 38.9 Å². The second-order valence-corrected chi connectivity index (χ2v) is 6.95. The fourth-order valence-electron chi connectivity index (χ4n) is 3.77. The second-order valence-electron chi connectivity index (χ2n) is 6.95. The highest BCUT2D eigenvalue weighted by molar-refractivity contribution is 6.02. The number of para-hydroxylation sites is 1. The van der Waals surface area contributed by atoms with Gasteiger partial charge in [0.15, 0.2) is 0 Å². The van der Waals surface area contributed by atoms with E-state index in [0.717, 1.165) is 42.9 Å². The molecule has 2 aliphatic rings. The van der Waals surface area contributed by atoms with Crippen LogP contribution in [-0.4, -0.2) is 35.0 Å². The molecule has 2 N–H and O–H groups in total. The Morgan fingerprint density at radius 3 is 2.54 bits per heavy atom. The van der Waals surface area contributed by atoms with Crippen molar-refractivity contribution in [1.29, 1.82) is 0 Å². The van der Waals surface area contributed by atoms with Gasteiger partial charge in [0.25, 0.3) is 5.91 Å². The van der Waals surface area contributed by atoms with E-state index in [0.29, 0.717) is 5.56 Å². The van der Waals surface area contributed by atoms with Crippen molar-refractivity contribution >= 4 is 17.3 Å². The summed E-state index contributed by atoms with van der Waals surface area (Å²) in [6.45, 7) is 5.97. The second kappa shape index (κ2) is 6.56. The Balaban J connectivity index is 1.73. The minimum atomic E-state index is -0.337. The van der Waals surface area contributed by atoms with Gasteiger partial charge >= 0.3 is 0 Å². The number of rotatable bonds is 5. The molecule has 1 aliphatic heterocycles. The molecule has 1 saturated carbocycles. The van der Waals surface area contributed by atoms with Crippen molar-refractivity contribution in [3.05, 3.63) is 53.6 Å². The summed E-state index contributed by atoms with van der Waals surface area (Å²) in [5.41, 5.74) is 3.27. The number of fused-ring (bicyclic) bond motifs is 1. The standard InChI is InChI=1S/C21H25N3O2/c1-3-23(4-2)15-11-12-17(19(25)13-15)20-22-18-8-6-5-7-16(18)21(26)24(20)14-9-10-14/h5-8,11-14,20,22,25H,3-4,9-10H2,1-2H3/t20-/m1/s1. The largest absolute Gasteiger partial charge is 0.507 e. The summed E-state index contributed by atoms with van der Waals surface area (Å²) in [5.74, 6) is 0.267. The van der Waals surface area contributed by atoms with E-state index in [1.165, 1.54) is 0 Å². The molecule has 0 aromatic heterocycles. The number of hydrogen-bond acceptors (Lipinski definition) is 4. The van der Waals surface area contributed by atoms with Crippen LogP contribution in [-0.2, 0) is 0 Å².